The van der Waals surface area contributed by atoms with Gasteiger partial charge in [-0.15, -0.1) is 0 Å². The van der Waals surface area contributed by atoms with Gasteiger partial charge >= 0.3 is 5.97 Å². The molecule has 1 amide bonds. The van der Waals surface area contributed by atoms with Crippen LogP contribution in [0.3, 0.4) is 0 Å². The first kappa shape index (κ1) is 16.2. The van der Waals surface area contributed by atoms with Crippen LogP contribution in [0.15, 0.2) is 0 Å². The minimum absolute atomic E-state index is 0.0401. The number of hydrogen-bond acceptors (Lipinski definition) is 6. The predicted molar refractivity (Wildman–Crippen MR) is 86.7 cm³/mol. The summed E-state index contributed by atoms with van der Waals surface area (Å²) in [7, 11) is 0. The van der Waals surface area contributed by atoms with Gasteiger partial charge in [0.15, 0.2) is 0 Å². The molecule has 0 radical (unpaired) electrons. The molecular formula is C15H22N4O3S. The third-order valence-corrected chi connectivity index (χ3v) is 5.19. The molecule has 0 bridgehead atoms. The number of carboxylic acids is 1. The highest BCUT2D eigenvalue weighted by Gasteiger charge is 2.29. The number of carboxylic acid groups (broad SMARTS) is 1. The van der Waals surface area contributed by atoms with Crippen LogP contribution in [0.5, 0.6) is 0 Å². The third kappa shape index (κ3) is 4.19. The highest BCUT2D eigenvalue weighted by atomic mass is 32.1. The maximum Gasteiger partial charge on any atom is 0.303 e. The van der Waals surface area contributed by atoms with Crippen LogP contribution in [0.4, 0.5) is 5.95 Å². The van der Waals surface area contributed by atoms with Crippen molar-refractivity contribution in [1.29, 1.82) is 0 Å². The van der Waals surface area contributed by atoms with Crippen molar-refractivity contribution in [2.45, 2.75) is 38.5 Å². The van der Waals surface area contributed by atoms with Crippen LogP contribution in [0.1, 0.15) is 43.5 Å². The largest absolute Gasteiger partial charge is 0.481 e. The van der Waals surface area contributed by atoms with Gasteiger partial charge in [-0.25, -0.2) is 4.98 Å². The fourth-order valence-electron chi connectivity index (χ4n) is 2.80. The average molecular weight is 338 g/mol. The molecular weight excluding hydrogens is 316 g/mol. The molecule has 3 rings (SSSR count). The summed E-state index contributed by atoms with van der Waals surface area (Å²) in [5, 5.41) is 9.91. The smallest absolute Gasteiger partial charge is 0.303 e. The van der Waals surface area contributed by atoms with Crippen molar-refractivity contribution in [2.75, 3.05) is 31.1 Å². The molecule has 1 aromatic heterocycles. The Morgan fingerprint density at radius 3 is 2.57 bits per heavy atom. The number of piperazine rings is 1. The van der Waals surface area contributed by atoms with Gasteiger partial charge in [0.05, 0.1) is 0 Å². The summed E-state index contributed by atoms with van der Waals surface area (Å²) in [5.74, 6) is 0.488. The van der Waals surface area contributed by atoms with Crippen molar-refractivity contribution in [1.82, 2.24) is 14.3 Å². The highest BCUT2D eigenvalue weighted by molar-refractivity contribution is 7.05. The van der Waals surface area contributed by atoms with Gasteiger partial charge in [-0.05, 0) is 30.3 Å². The molecule has 126 valence electrons. The molecule has 1 atom stereocenters. The lowest BCUT2D eigenvalue weighted by molar-refractivity contribution is -0.138. The average Bonchev–Trinajstić information content (AvgIpc) is 3.24. The van der Waals surface area contributed by atoms with Gasteiger partial charge in [-0.2, -0.15) is 4.37 Å². The van der Waals surface area contributed by atoms with Crippen LogP contribution in [-0.4, -0.2) is 57.4 Å². The first-order valence-corrected chi connectivity index (χ1v) is 8.88. The van der Waals surface area contributed by atoms with E-state index >= 15 is 0 Å². The van der Waals surface area contributed by atoms with Gasteiger partial charge in [0.25, 0.3) is 0 Å². The maximum atomic E-state index is 12.2. The molecule has 2 aliphatic rings. The number of carbonyl (C=O) groups is 2. The van der Waals surface area contributed by atoms with Crippen molar-refractivity contribution in [3.8, 4) is 0 Å². The maximum absolute atomic E-state index is 12.2. The Morgan fingerprint density at radius 2 is 1.96 bits per heavy atom. The van der Waals surface area contributed by atoms with E-state index in [4.69, 9.17) is 5.11 Å². The SMILES string of the molecule is CC(CC(=O)O)CC(=O)N1CCN(c2nsc(C3CC3)n2)CC1. The summed E-state index contributed by atoms with van der Waals surface area (Å²) in [6, 6.07) is 0. The summed E-state index contributed by atoms with van der Waals surface area (Å²) < 4.78 is 4.44. The standard InChI is InChI=1S/C15H22N4O3S/c1-10(9-13(21)22)8-12(20)18-4-6-19(7-5-18)15-16-14(23-17-15)11-2-3-11/h10-11H,2-9H2,1H3,(H,21,22). The van der Waals surface area contributed by atoms with Gasteiger partial charge in [-0.1, -0.05) is 6.92 Å². The number of hydrogen-bond donors (Lipinski definition) is 1. The van der Waals surface area contributed by atoms with Gasteiger partial charge in [-0.3, -0.25) is 9.59 Å². The van der Waals surface area contributed by atoms with E-state index in [1.807, 2.05) is 4.90 Å². The zero-order chi connectivity index (χ0) is 16.4. The Kier molecular flexibility index (Phi) is 4.79. The van der Waals surface area contributed by atoms with Gasteiger partial charge in [0.1, 0.15) is 5.01 Å². The Morgan fingerprint density at radius 1 is 1.26 bits per heavy atom. The van der Waals surface area contributed by atoms with Crippen molar-refractivity contribution >= 4 is 29.4 Å². The number of rotatable bonds is 6. The van der Waals surface area contributed by atoms with Gasteiger partial charge in [0.2, 0.25) is 11.9 Å². The summed E-state index contributed by atoms with van der Waals surface area (Å²) >= 11 is 1.50. The van der Waals surface area contributed by atoms with E-state index in [1.165, 1.54) is 24.4 Å². The number of aromatic nitrogens is 2. The van der Waals surface area contributed by atoms with Gasteiger partial charge < -0.3 is 14.9 Å². The van der Waals surface area contributed by atoms with E-state index in [0.717, 1.165) is 24.0 Å². The summed E-state index contributed by atoms with van der Waals surface area (Å²) in [4.78, 5) is 31.5. The second kappa shape index (κ2) is 6.82. The molecule has 1 N–H and O–H groups in total. The molecule has 7 nitrogen and oxygen atoms in total. The van der Waals surface area contributed by atoms with E-state index in [1.54, 1.807) is 6.92 Å². The van der Waals surface area contributed by atoms with Crippen LogP contribution in [0.2, 0.25) is 0 Å². The summed E-state index contributed by atoms with van der Waals surface area (Å²) in [6.45, 7) is 4.58. The second-order valence-electron chi connectivity index (χ2n) is 6.48. The zero-order valence-electron chi connectivity index (χ0n) is 13.3. The van der Waals surface area contributed by atoms with E-state index in [9.17, 15) is 9.59 Å². The van der Waals surface area contributed by atoms with Crippen LogP contribution >= 0.6 is 11.5 Å². The lowest BCUT2D eigenvalue weighted by atomic mass is 10.0. The molecule has 2 heterocycles. The second-order valence-corrected chi connectivity index (χ2v) is 7.27. The number of anilines is 1. The van der Waals surface area contributed by atoms with Crippen molar-refractivity contribution in [2.24, 2.45) is 5.92 Å². The van der Waals surface area contributed by atoms with E-state index in [0.29, 0.717) is 25.4 Å². The monoisotopic (exact) mass is 338 g/mol. The molecule has 0 spiro atoms. The molecule has 8 heteroatoms. The third-order valence-electron chi connectivity index (χ3n) is 4.32. The number of carbonyl (C=O) groups excluding carboxylic acids is 1. The van der Waals surface area contributed by atoms with E-state index < -0.39 is 5.97 Å². The molecule has 0 aromatic carbocycles. The fourth-order valence-corrected chi connectivity index (χ4v) is 3.64. The minimum Gasteiger partial charge on any atom is -0.481 e. The predicted octanol–water partition coefficient (Wildman–Crippen LogP) is 1.56. The molecule has 1 saturated carbocycles. The van der Waals surface area contributed by atoms with Crippen LogP contribution < -0.4 is 4.90 Å². The Balaban J connectivity index is 1.47. The van der Waals surface area contributed by atoms with Crippen molar-refractivity contribution < 1.29 is 14.7 Å². The van der Waals surface area contributed by atoms with Crippen LogP contribution in [-0.2, 0) is 9.59 Å². The minimum atomic E-state index is -0.851. The zero-order valence-corrected chi connectivity index (χ0v) is 14.1. The summed E-state index contributed by atoms with van der Waals surface area (Å²) in [6.07, 6.45) is 2.79. The normalized spacial score (nSPS) is 19.7. The van der Waals surface area contributed by atoms with Gasteiger partial charge in [0, 0.05) is 44.9 Å². The first-order valence-electron chi connectivity index (χ1n) is 8.11. The molecule has 2 fully saturated rings. The number of aliphatic carboxylic acids is 1. The number of nitrogens with zero attached hydrogens (tertiary/aromatic N) is 4. The molecule has 1 aromatic rings. The topological polar surface area (TPSA) is 86.6 Å². The summed E-state index contributed by atoms with van der Waals surface area (Å²) in [5.41, 5.74) is 0. The Labute approximate surface area is 139 Å². The molecule has 1 aliphatic heterocycles. The van der Waals surface area contributed by atoms with Crippen molar-refractivity contribution in [3.63, 3.8) is 0 Å². The lowest BCUT2D eigenvalue weighted by Gasteiger charge is -2.34. The Bertz CT molecular complexity index is 579. The molecule has 1 saturated heterocycles. The van der Waals surface area contributed by atoms with Crippen molar-refractivity contribution in [3.05, 3.63) is 5.01 Å². The first-order chi connectivity index (χ1) is 11.0. The fraction of sp³-hybridized carbons (Fsp3) is 0.733. The Hall–Kier alpha value is -1.70. The van der Waals surface area contributed by atoms with Crippen LogP contribution in [0.25, 0.3) is 0 Å². The quantitative estimate of drug-likeness (QED) is 0.847. The molecule has 1 unspecified atom stereocenters. The van der Waals surface area contributed by atoms with E-state index in [2.05, 4.69) is 14.3 Å². The van der Waals surface area contributed by atoms with Crippen LogP contribution in [0, 0.1) is 5.92 Å². The highest BCUT2D eigenvalue weighted by Crippen LogP contribution is 2.41. The molecule has 1 aliphatic carbocycles. The van der Waals surface area contributed by atoms with E-state index in [-0.39, 0.29) is 18.2 Å². The molecule has 23 heavy (non-hydrogen) atoms. The lowest BCUT2D eigenvalue weighted by Crippen LogP contribution is -2.49. The number of amides is 1.